The molecule has 0 spiro atoms. The maximum Gasteiger partial charge on any atom is 0.0398 e. The number of aliphatic imine (C=N–C) groups is 1. The van der Waals surface area contributed by atoms with Crippen LogP contribution in [0.1, 0.15) is 44.9 Å². The molecule has 0 amide bonds. The minimum absolute atomic E-state index is 0.912. The molecule has 1 heteroatoms. The second-order valence-electron chi connectivity index (χ2n) is 4.73. The fourth-order valence-corrected chi connectivity index (χ4v) is 2.56. The van der Waals surface area contributed by atoms with E-state index in [9.17, 15) is 0 Å². The van der Waals surface area contributed by atoms with Gasteiger partial charge in [-0.2, -0.15) is 0 Å². The number of nitrogens with zero attached hydrogens (tertiary/aromatic N) is 1. The molecule has 1 fully saturated rings. The topological polar surface area (TPSA) is 12.4 Å². The highest BCUT2D eigenvalue weighted by Crippen LogP contribution is 2.42. The lowest BCUT2D eigenvalue weighted by Crippen LogP contribution is -1.99. The van der Waals surface area contributed by atoms with Crippen LogP contribution < -0.4 is 0 Å². The van der Waals surface area contributed by atoms with Gasteiger partial charge in [-0.3, -0.25) is 4.99 Å². The third kappa shape index (κ3) is 1.56. The van der Waals surface area contributed by atoms with E-state index in [1.165, 1.54) is 50.6 Å². The van der Waals surface area contributed by atoms with Gasteiger partial charge < -0.3 is 0 Å². The number of hydrogen-bond donors (Lipinski definition) is 0. The summed E-state index contributed by atoms with van der Waals surface area (Å²) in [6.07, 6.45) is 13.6. The van der Waals surface area contributed by atoms with Crippen LogP contribution in [0.2, 0.25) is 0 Å². The molecule has 0 aromatic rings. The van der Waals surface area contributed by atoms with Crippen molar-refractivity contribution in [3.05, 3.63) is 22.9 Å². The highest BCUT2D eigenvalue weighted by atomic mass is 14.7. The van der Waals surface area contributed by atoms with Crippen molar-refractivity contribution >= 4 is 6.21 Å². The van der Waals surface area contributed by atoms with Crippen LogP contribution in [0, 0.1) is 5.92 Å². The number of allylic oxidation sites excluding steroid dienone is 4. The Balaban J connectivity index is 1.86. The van der Waals surface area contributed by atoms with Crippen molar-refractivity contribution in [2.75, 3.05) is 0 Å². The van der Waals surface area contributed by atoms with E-state index in [-0.39, 0.29) is 0 Å². The maximum atomic E-state index is 4.58. The van der Waals surface area contributed by atoms with Crippen molar-refractivity contribution in [3.8, 4) is 0 Å². The molecule has 3 rings (SSSR count). The zero-order valence-electron chi connectivity index (χ0n) is 8.63. The van der Waals surface area contributed by atoms with Crippen LogP contribution in [-0.2, 0) is 0 Å². The lowest BCUT2D eigenvalue weighted by Gasteiger charge is -2.17. The summed E-state index contributed by atoms with van der Waals surface area (Å²) >= 11 is 0. The Morgan fingerprint density at radius 3 is 2.86 bits per heavy atom. The van der Waals surface area contributed by atoms with Crippen molar-refractivity contribution in [1.82, 2.24) is 0 Å². The Morgan fingerprint density at radius 2 is 2.00 bits per heavy atom. The van der Waals surface area contributed by atoms with Crippen molar-refractivity contribution in [2.24, 2.45) is 10.9 Å². The Kier molecular flexibility index (Phi) is 2.04. The molecular formula is C13H17N. The average molecular weight is 187 g/mol. The van der Waals surface area contributed by atoms with E-state index in [1.807, 2.05) is 6.21 Å². The van der Waals surface area contributed by atoms with E-state index < -0.39 is 0 Å². The molecule has 1 aliphatic heterocycles. The number of hydrogen-bond acceptors (Lipinski definition) is 1. The second-order valence-corrected chi connectivity index (χ2v) is 4.73. The van der Waals surface area contributed by atoms with Gasteiger partial charge in [-0.15, -0.1) is 0 Å². The molecule has 1 heterocycles. The first kappa shape index (κ1) is 8.46. The summed E-state index contributed by atoms with van der Waals surface area (Å²) in [5.41, 5.74) is 4.70. The van der Waals surface area contributed by atoms with Gasteiger partial charge in [0.1, 0.15) is 0 Å². The van der Waals surface area contributed by atoms with Crippen LogP contribution >= 0.6 is 0 Å². The van der Waals surface area contributed by atoms with Crippen LogP contribution in [0.15, 0.2) is 27.9 Å². The van der Waals surface area contributed by atoms with Gasteiger partial charge in [0.25, 0.3) is 0 Å². The van der Waals surface area contributed by atoms with Crippen LogP contribution in [0.4, 0.5) is 0 Å². The normalized spacial score (nSPS) is 27.0. The van der Waals surface area contributed by atoms with Crippen molar-refractivity contribution < 1.29 is 0 Å². The lowest BCUT2D eigenvalue weighted by atomic mass is 9.91. The third-order valence-corrected chi connectivity index (χ3v) is 3.59. The molecule has 3 aliphatic rings. The fourth-order valence-electron chi connectivity index (χ4n) is 2.56. The Labute approximate surface area is 85.6 Å². The van der Waals surface area contributed by atoms with Crippen molar-refractivity contribution in [3.63, 3.8) is 0 Å². The van der Waals surface area contributed by atoms with Crippen LogP contribution in [0.3, 0.4) is 0 Å². The molecule has 0 radical (unpaired) electrons. The molecule has 1 saturated carbocycles. The molecule has 0 aromatic carbocycles. The van der Waals surface area contributed by atoms with Crippen LogP contribution in [-0.4, -0.2) is 6.21 Å². The van der Waals surface area contributed by atoms with E-state index in [0.717, 1.165) is 5.92 Å². The van der Waals surface area contributed by atoms with E-state index in [4.69, 9.17) is 0 Å². The summed E-state index contributed by atoms with van der Waals surface area (Å²) in [7, 11) is 0. The summed E-state index contributed by atoms with van der Waals surface area (Å²) in [5, 5.41) is 0. The summed E-state index contributed by atoms with van der Waals surface area (Å²) < 4.78 is 0. The molecule has 0 bridgehead atoms. The molecular weight excluding hydrogens is 170 g/mol. The quantitative estimate of drug-likeness (QED) is 0.594. The van der Waals surface area contributed by atoms with Gasteiger partial charge in [-0.1, -0.05) is 5.57 Å². The first-order valence-electron chi connectivity index (χ1n) is 5.87. The molecule has 0 atom stereocenters. The second kappa shape index (κ2) is 3.38. The molecule has 0 N–H and O–H groups in total. The van der Waals surface area contributed by atoms with Gasteiger partial charge in [0.15, 0.2) is 0 Å². The monoisotopic (exact) mass is 187 g/mol. The van der Waals surface area contributed by atoms with Gasteiger partial charge >= 0.3 is 0 Å². The van der Waals surface area contributed by atoms with Gasteiger partial charge in [0, 0.05) is 11.9 Å². The molecule has 74 valence electrons. The van der Waals surface area contributed by atoms with Crippen molar-refractivity contribution in [2.45, 2.75) is 44.9 Å². The first-order chi connectivity index (χ1) is 6.93. The minimum atomic E-state index is 0.912. The largest absolute Gasteiger partial charge is 0.261 e. The summed E-state index contributed by atoms with van der Waals surface area (Å²) in [6.45, 7) is 0. The van der Waals surface area contributed by atoms with E-state index in [1.54, 1.807) is 11.1 Å². The Hall–Kier alpha value is -0.850. The van der Waals surface area contributed by atoms with E-state index in [2.05, 4.69) is 11.1 Å². The zero-order valence-corrected chi connectivity index (χ0v) is 8.63. The van der Waals surface area contributed by atoms with Gasteiger partial charge in [-0.05, 0) is 62.5 Å². The molecule has 2 aliphatic carbocycles. The molecule has 0 aromatic heterocycles. The highest BCUT2D eigenvalue weighted by Gasteiger charge is 2.27. The van der Waals surface area contributed by atoms with Crippen LogP contribution in [0.5, 0.6) is 0 Å². The first-order valence-corrected chi connectivity index (χ1v) is 5.87. The SMILES string of the molecule is C1=NC2=C(CCCC2)CC(C2CC2)=C1. The Bertz CT molecular complexity index is 329. The Morgan fingerprint density at radius 1 is 1.14 bits per heavy atom. The minimum Gasteiger partial charge on any atom is -0.261 e. The standard InChI is InChI=1S/C13H17N/c1-2-4-13-12(3-1)9-11(7-8-14-13)10-5-6-10/h7-8,10H,1-6,9H2. The summed E-state index contributed by atoms with van der Waals surface area (Å²) in [4.78, 5) is 4.58. The maximum absolute atomic E-state index is 4.58. The summed E-state index contributed by atoms with van der Waals surface area (Å²) in [5.74, 6) is 0.912. The predicted molar refractivity (Wildman–Crippen MR) is 59.4 cm³/mol. The fraction of sp³-hybridized carbons (Fsp3) is 0.615. The summed E-state index contributed by atoms with van der Waals surface area (Å²) in [6, 6.07) is 0. The smallest absolute Gasteiger partial charge is 0.0398 e. The zero-order chi connectivity index (χ0) is 9.38. The number of rotatable bonds is 1. The van der Waals surface area contributed by atoms with Crippen LogP contribution in [0.25, 0.3) is 0 Å². The van der Waals surface area contributed by atoms with Gasteiger partial charge in [0.05, 0.1) is 0 Å². The van der Waals surface area contributed by atoms with E-state index >= 15 is 0 Å². The van der Waals surface area contributed by atoms with Crippen molar-refractivity contribution in [1.29, 1.82) is 0 Å². The van der Waals surface area contributed by atoms with Gasteiger partial charge in [-0.25, -0.2) is 0 Å². The predicted octanol–water partition coefficient (Wildman–Crippen LogP) is 3.63. The molecule has 0 unspecified atom stereocenters. The molecule has 1 nitrogen and oxygen atoms in total. The van der Waals surface area contributed by atoms with E-state index in [0.29, 0.717) is 0 Å². The third-order valence-electron chi connectivity index (χ3n) is 3.59. The highest BCUT2D eigenvalue weighted by molar-refractivity contribution is 5.74. The molecule has 0 saturated heterocycles. The van der Waals surface area contributed by atoms with Gasteiger partial charge in [0.2, 0.25) is 0 Å². The lowest BCUT2D eigenvalue weighted by molar-refractivity contribution is 0.651. The average Bonchev–Trinajstić information content (AvgIpc) is 3.04. The molecule has 14 heavy (non-hydrogen) atoms.